The predicted molar refractivity (Wildman–Crippen MR) is 113 cm³/mol. The molecule has 0 atom stereocenters. The van der Waals surface area contributed by atoms with Gasteiger partial charge in [0.1, 0.15) is 5.75 Å². The number of hydrogen-bond donors (Lipinski definition) is 1. The van der Waals surface area contributed by atoms with E-state index in [4.69, 9.17) is 9.47 Å². The summed E-state index contributed by atoms with van der Waals surface area (Å²) in [5, 5.41) is 12.5. The van der Waals surface area contributed by atoms with E-state index < -0.39 is 0 Å². The molecule has 1 aromatic heterocycles. The minimum Gasteiger partial charge on any atom is -0.496 e. The molecule has 0 aliphatic carbocycles. The molecule has 8 nitrogen and oxygen atoms in total. The lowest BCUT2D eigenvalue weighted by Gasteiger charge is -2.28. The lowest BCUT2D eigenvalue weighted by molar-refractivity contribution is -0.118. The molecule has 0 saturated carbocycles. The van der Waals surface area contributed by atoms with Crippen molar-refractivity contribution in [3.8, 4) is 5.75 Å². The summed E-state index contributed by atoms with van der Waals surface area (Å²) >= 11 is 1.42. The van der Waals surface area contributed by atoms with E-state index in [9.17, 15) is 4.79 Å². The summed E-state index contributed by atoms with van der Waals surface area (Å²) in [5.74, 6) is 2.32. The van der Waals surface area contributed by atoms with E-state index in [0.717, 1.165) is 42.1 Å². The molecule has 0 bridgehead atoms. The molecule has 2 heterocycles. The summed E-state index contributed by atoms with van der Waals surface area (Å²) in [6.07, 6.45) is 0. The maximum atomic E-state index is 12.4. The summed E-state index contributed by atoms with van der Waals surface area (Å²) in [6, 6.07) is 7.67. The van der Waals surface area contributed by atoms with Crippen LogP contribution in [0.3, 0.4) is 0 Å². The van der Waals surface area contributed by atoms with Gasteiger partial charge in [0.05, 0.1) is 26.1 Å². The zero-order chi connectivity index (χ0) is 20.6. The van der Waals surface area contributed by atoms with Gasteiger partial charge < -0.3 is 19.7 Å². The molecule has 1 fully saturated rings. The van der Waals surface area contributed by atoms with Crippen molar-refractivity contribution in [2.45, 2.75) is 32.1 Å². The van der Waals surface area contributed by atoms with Gasteiger partial charge in [-0.25, -0.2) is 0 Å². The molecule has 0 spiro atoms. The molecule has 29 heavy (non-hydrogen) atoms. The van der Waals surface area contributed by atoms with Gasteiger partial charge in [0.2, 0.25) is 11.9 Å². The molecule has 1 N–H and O–H groups in total. The summed E-state index contributed by atoms with van der Waals surface area (Å²) in [4.78, 5) is 14.6. The van der Waals surface area contributed by atoms with Crippen molar-refractivity contribution in [3.63, 3.8) is 0 Å². The van der Waals surface area contributed by atoms with E-state index in [1.165, 1.54) is 11.8 Å². The topological polar surface area (TPSA) is 81.5 Å². The van der Waals surface area contributed by atoms with Crippen LogP contribution in [0.25, 0.3) is 0 Å². The number of nitrogens with zero attached hydrogens (tertiary/aromatic N) is 4. The van der Waals surface area contributed by atoms with E-state index in [2.05, 4.69) is 38.8 Å². The number of nitrogens with one attached hydrogen (secondary N) is 1. The van der Waals surface area contributed by atoms with Crippen LogP contribution in [0.2, 0.25) is 0 Å². The normalized spacial score (nSPS) is 14.3. The summed E-state index contributed by atoms with van der Waals surface area (Å²) in [5.41, 5.74) is 0.950. The number of carbonyl (C=O) groups excluding carboxylic acids is 1. The molecule has 0 radical (unpaired) electrons. The number of rotatable bonds is 9. The number of thioether (sulfide) groups is 1. The number of methoxy groups -OCH3 is 1. The van der Waals surface area contributed by atoms with Crippen molar-refractivity contribution in [1.82, 2.24) is 20.1 Å². The van der Waals surface area contributed by atoms with Gasteiger partial charge in [-0.2, -0.15) is 0 Å². The fourth-order valence-electron chi connectivity index (χ4n) is 3.13. The van der Waals surface area contributed by atoms with Crippen LogP contribution in [0.1, 0.15) is 19.4 Å². The third kappa shape index (κ3) is 5.86. The Balaban J connectivity index is 1.60. The van der Waals surface area contributed by atoms with Gasteiger partial charge in [-0.1, -0.05) is 43.8 Å². The van der Waals surface area contributed by atoms with Gasteiger partial charge in [-0.3, -0.25) is 9.36 Å². The SMILES string of the molecule is COc1ccccc1CNC(=O)CSc1nnc(N2CCOCC2)n1CC(C)C. The molecule has 3 rings (SSSR count). The largest absolute Gasteiger partial charge is 0.496 e. The van der Waals surface area contributed by atoms with Crippen LogP contribution >= 0.6 is 11.8 Å². The lowest BCUT2D eigenvalue weighted by Crippen LogP contribution is -2.38. The standard InChI is InChI=1S/C20H29N5O3S/c1-15(2)13-25-19(24-8-10-28-11-9-24)22-23-20(25)29-14-18(26)21-12-16-6-4-5-7-17(16)27-3/h4-7,15H,8-14H2,1-3H3,(H,21,26). The van der Waals surface area contributed by atoms with Crippen LogP contribution in [0, 0.1) is 5.92 Å². The molecule has 1 amide bonds. The van der Waals surface area contributed by atoms with E-state index in [0.29, 0.717) is 25.7 Å². The molecule has 0 unspecified atom stereocenters. The number of carbonyl (C=O) groups is 1. The highest BCUT2D eigenvalue weighted by molar-refractivity contribution is 7.99. The number of benzene rings is 1. The predicted octanol–water partition coefficient (Wildman–Crippen LogP) is 2.19. The van der Waals surface area contributed by atoms with Crippen molar-refractivity contribution >= 4 is 23.6 Å². The van der Waals surface area contributed by atoms with Crippen LogP contribution in [-0.4, -0.2) is 59.8 Å². The van der Waals surface area contributed by atoms with Crippen molar-refractivity contribution < 1.29 is 14.3 Å². The second-order valence-corrected chi connectivity index (χ2v) is 8.21. The van der Waals surface area contributed by atoms with Gasteiger partial charge in [-0.05, 0) is 12.0 Å². The third-order valence-electron chi connectivity index (χ3n) is 4.54. The number of hydrogen-bond acceptors (Lipinski definition) is 7. The minimum absolute atomic E-state index is 0.0482. The summed E-state index contributed by atoms with van der Waals surface area (Å²) < 4.78 is 12.9. The fraction of sp³-hybridized carbons (Fsp3) is 0.550. The second-order valence-electron chi connectivity index (χ2n) is 7.26. The van der Waals surface area contributed by atoms with Gasteiger partial charge in [0.25, 0.3) is 0 Å². The average Bonchev–Trinajstić information content (AvgIpc) is 3.13. The number of ether oxygens (including phenoxy) is 2. The summed E-state index contributed by atoms with van der Waals surface area (Å²) in [7, 11) is 1.63. The molecular weight excluding hydrogens is 390 g/mol. The van der Waals surface area contributed by atoms with Crippen molar-refractivity contribution in [3.05, 3.63) is 29.8 Å². The Morgan fingerprint density at radius 1 is 1.28 bits per heavy atom. The zero-order valence-electron chi connectivity index (χ0n) is 17.3. The third-order valence-corrected chi connectivity index (χ3v) is 5.51. The Morgan fingerprint density at radius 3 is 2.76 bits per heavy atom. The van der Waals surface area contributed by atoms with E-state index >= 15 is 0 Å². The Hall–Kier alpha value is -2.26. The van der Waals surface area contributed by atoms with E-state index in [1.807, 2.05) is 24.3 Å². The number of amides is 1. The molecule has 1 aliphatic rings. The monoisotopic (exact) mass is 419 g/mol. The molecular formula is C20H29N5O3S. The first-order valence-electron chi connectivity index (χ1n) is 9.85. The second kappa shape index (κ2) is 10.5. The Morgan fingerprint density at radius 2 is 2.03 bits per heavy atom. The Bertz CT molecular complexity index is 805. The highest BCUT2D eigenvalue weighted by atomic mass is 32.2. The highest BCUT2D eigenvalue weighted by Gasteiger charge is 2.21. The summed E-state index contributed by atoms with van der Waals surface area (Å²) in [6.45, 7) is 8.58. The quantitative estimate of drug-likeness (QED) is 0.624. The Kier molecular flexibility index (Phi) is 7.76. The minimum atomic E-state index is -0.0482. The van der Waals surface area contributed by atoms with Gasteiger partial charge in [0.15, 0.2) is 5.16 Å². The van der Waals surface area contributed by atoms with Crippen molar-refractivity contribution in [1.29, 1.82) is 0 Å². The first kappa shape index (κ1) is 21.4. The maximum absolute atomic E-state index is 12.4. The molecule has 1 aliphatic heterocycles. The van der Waals surface area contributed by atoms with E-state index in [1.54, 1.807) is 7.11 Å². The molecule has 9 heteroatoms. The Labute approximate surface area is 176 Å². The molecule has 2 aromatic rings. The first-order valence-corrected chi connectivity index (χ1v) is 10.8. The van der Waals surface area contributed by atoms with Crippen LogP contribution in [0.5, 0.6) is 5.75 Å². The highest BCUT2D eigenvalue weighted by Crippen LogP contribution is 2.24. The fourth-order valence-corrected chi connectivity index (χ4v) is 3.91. The maximum Gasteiger partial charge on any atom is 0.230 e. The van der Waals surface area contributed by atoms with Gasteiger partial charge >= 0.3 is 0 Å². The van der Waals surface area contributed by atoms with Gasteiger partial charge in [0, 0.05) is 31.7 Å². The average molecular weight is 420 g/mol. The van der Waals surface area contributed by atoms with Crippen molar-refractivity contribution in [2.24, 2.45) is 5.92 Å². The molecule has 1 aromatic carbocycles. The van der Waals surface area contributed by atoms with Crippen molar-refractivity contribution in [2.75, 3.05) is 44.1 Å². The van der Waals surface area contributed by atoms with E-state index in [-0.39, 0.29) is 11.7 Å². The number of para-hydroxylation sites is 1. The van der Waals surface area contributed by atoms with Crippen LogP contribution in [0.15, 0.2) is 29.4 Å². The van der Waals surface area contributed by atoms with Crippen LogP contribution in [-0.2, 0) is 22.6 Å². The zero-order valence-corrected chi connectivity index (χ0v) is 18.1. The van der Waals surface area contributed by atoms with Crippen LogP contribution < -0.4 is 15.0 Å². The smallest absolute Gasteiger partial charge is 0.230 e. The van der Waals surface area contributed by atoms with Crippen LogP contribution in [0.4, 0.5) is 5.95 Å². The van der Waals surface area contributed by atoms with Gasteiger partial charge in [-0.15, -0.1) is 10.2 Å². The lowest BCUT2D eigenvalue weighted by atomic mass is 10.2. The number of aromatic nitrogens is 3. The first-order chi connectivity index (χ1) is 14.1. The molecule has 158 valence electrons. The number of anilines is 1. The molecule has 1 saturated heterocycles. The number of morpholine rings is 1.